The number of nitrogens with one attached hydrogen (secondary N) is 1. The summed E-state index contributed by atoms with van der Waals surface area (Å²) in [5.74, 6) is 2.16. The minimum Gasteiger partial charge on any atom is -0.493 e. The van der Waals surface area contributed by atoms with Crippen LogP contribution in [0.3, 0.4) is 0 Å². The number of rotatable bonds is 6. The molecule has 1 heterocycles. The van der Waals surface area contributed by atoms with Gasteiger partial charge in [-0.15, -0.1) is 0 Å². The first kappa shape index (κ1) is 13.2. The Hall–Kier alpha value is -1.26. The van der Waals surface area contributed by atoms with Crippen molar-refractivity contribution in [2.75, 3.05) is 33.9 Å². The lowest BCUT2D eigenvalue weighted by Gasteiger charge is -2.11. The summed E-state index contributed by atoms with van der Waals surface area (Å²) < 4.78 is 16.2. The smallest absolute Gasteiger partial charge is 0.161 e. The van der Waals surface area contributed by atoms with E-state index in [9.17, 15) is 0 Å². The van der Waals surface area contributed by atoms with E-state index in [1.165, 1.54) is 6.42 Å². The zero-order chi connectivity index (χ0) is 12.8. The molecule has 1 fully saturated rings. The highest BCUT2D eigenvalue weighted by molar-refractivity contribution is 5.42. The van der Waals surface area contributed by atoms with E-state index in [1.807, 2.05) is 18.2 Å². The van der Waals surface area contributed by atoms with Crippen LogP contribution >= 0.6 is 0 Å². The molecule has 0 radical (unpaired) electrons. The average molecular weight is 251 g/mol. The summed E-state index contributed by atoms with van der Waals surface area (Å²) in [5, 5.41) is 3.34. The van der Waals surface area contributed by atoms with Gasteiger partial charge in [-0.25, -0.2) is 0 Å². The number of ether oxygens (including phenoxy) is 3. The van der Waals surface area contributed by atoms with Crippen molar-refractivity contribution in [3.8, 4) is 11.5 Å². The molecule has 0 aliphatic carbocycles. The Kier molecular flexibility index (Phi) is 4.84. The maximum atomic E-state index is 5.74. The molecule has 100 valence electrons. The normalized spacial score (nSPS) is 18.9. The topological polar surface area (TPSA) is 39.7 Å². The van der Waals surface area contributed by atoms with Gasteiger partial charge in [0, 0.05) is 6.54 Å². The zero-order valence-electron chi connectivity index (χ0n) is 11.1. The molecule has 0 spiro atoms. The molecule has 2 rings (SSSR count). The quantitative estimate of drug-likeness (QED) is 0.837. The van der Waals surface area contributed by atoms with Crippen LogP contribution in [0.4, 0.5) is 0 Å². The predicted octanol–water partition coefficient (Wildman–Crippen LogP) is 1.83. The Balaban J connectivity index is 1.84. The van der Waals surface area contributed by atoms with Gasteiger partial charge < -0.3 is 19.5 Å². The maximum Gasteiger partial charge on any atom is 0.161 e. The standard InChI is InChI=1S/C14H21NO3/c1-16-13-4-3-11(7-14(13)17-2)9-18-10-12-5-6-15-8-12/h3-4,7,12,15H,5-6,8-10H2,1-2H3. The van der Waals surface area contributed by atoms with E-state index in [0.29, 0.717) is 12.5 Å². The fourth-order valence-corrected chi connectivity index (χ4v) is 2.17. The summed E-state index contributed by atoms with van der Waals surface area (Å²) in [6, 6.07) is 5.88. The van der Waals surface area contributed by atoms with Crippen molar-refractivity contribution in [2.45, 2.75) is 13.0 Å². The molecule has 1 aromatic rings. The zero-order valence-corrected chi connectivity index (χ0v) is 11.1. The molecule has 1 aliphatic heterocycles. The fraction of sp³-hybridized carbons (Fsp3) is 0.571. The molecule has 18 heavy (non-hydrogen) atoms. The highest BCUT2D eigenvalue weighted by Gasteiger charge is 2.14. The van der Waals surface area contributed by atoms with Gasteiger partial charge >= 0.3 is 0 Å². The Morgan fingerprint density at radius 3 is 2.72 bits per heavy atom. The van der Waals surface area contributed by atoms with Crippen molar-refractivity contribution in [1.29, 1.82) is 0 Å². The van der Waals surface area contributed by atoms with Crippen LogP contribution in [-0.2, 0) is 11.3 Å². The second-order valence-corrected chi connectivity index (χ2v) is 4.56. The van der Waals surface area contributed by atoms with Gasteiger partial charge in [-0.1, -0.05) is 6.07 Å². The van der Waals surface area contributed by atoms with Crippen molar-refractivity contribution >= 4 is 0 Å². The van der Waals surface area contributed by atoms with Crippen molar-refractivity contribution in [3.05, 3.63) is 23.8 Å². The molecule has 4 nitrogen and oxygen atoms in total. The van der Waals surface area contributed by atoms with Crippen molar-refractivity contribution in [2.24, 2.45) is 5.92 Å². The van der Waals surface area contributed by atoms with Gasteiger partial charge in [0.2, 0.25) is 0 Å². The Morgan fingerprint density at radius 2 is 2.06 bits per heavy atom. The first-order valence-corrected chi connectivity index (χ1v) is 6.33. The van der Waals surface area contributed by atoms with Gasteiger partial charge in [-0.05, 0) is 36.6 Å². The molecule has 1 unspecified atom stereocenters. The van der Waals surface area contributed by atoms with Crippen molar-refractivity contribution in [3.63, 3.8) is 0 Å². The number of hydrogen-bond donors (Lipinski definition) is 1. The first-order chi connectivity index (χ1) is 8.83. The largest absolute Gasteiger partial charge is 0.493 e. The van der Waals surface area contributed by atoms with Crippen molar-refractivity contribution < 1.29 is 14.2 Å². The van der Waals surface area contributed by atoms with E-state index >= 15 is 0 Å². The van der Waals surface area contributed by atoms with Crippen LogP contribution < -0.4 is 14.8 Å². The number of methoxy groups -OCH3 is 2. The second kappa shape index (κ2) is 6.61. The molecule has 1 saturated heterocycles. The van der Waals surface area contributed by atoms with Gasteiger partial charge in [0.05, 0.1) is 27.4 Å². The number of benzene rings is 1. The Labute approximate surface area is 108 Å². The predicted molar refractivity (Wildman–Crippen MR) is 70.2 cm³/mol. The third-order valence-corrected chi connectivity index (χ3v) is 3.23. The average Bonchev–Trinajstić information content (AvgIpc) is 2.91. The Morgan fingerprint density at radius 1 is 1.22 bits per heavy atom. The van der Waals surface area contributed by atoms with Crippen LogP contribution in [0.25, 0.3) is 0 Å². The molecule has 0 aromatic heterocycles. The summed E-state index contributed by atoms with van der Waals surface area (Å²) in [4.78, 5) is 0. The highest BCUT2D eigenvalue weighted by atomic mass is 16.5. The molecular formula is C14H21NO3. The molecular weight excluding hydrogens is 230 g/mol. The van der Waals surface area contributed by atoms with Gasteiger partial charge in [0.1, 0.15) is 0 Å². The third kappa shape index (κ3) is 3.37. The SMILES string of the molecule is COc1ccc(COCC2CCNC2)cc1OC. The summed E-state index contributed by atoms with van der Waals surface area (Å²) in [5.41, 5.74) is 1.11. The van der Waals surface area contributed by atoms with Crippen LogP contribution in [0.15, 0.2) is 18.2 Å². The molecule has 1 atom stereocenters. The van der Waals surface area contributed by atoms with E-state index in [1.54, 1.807) is 14.2 Å². The van der Waals surface area contributed by atoms with Crippen LogP contribution in [0.1, 0.15) is 12.0 Å². The summed E-state index contributed by atoms with van der Waals surface area (Å²) in [6.45, 7) is 3.63. The van der Waals surface area contributed by atoms with Crippen LogP contribution in [0.5, 0.6) is 11.5 Å². The van der Waals surface area contributed by atoms with E-state index in [4.69, 9.17) is 14.2 Å². The molecule has 1 N–H and O–H groups in total. The minimum absolute atomic E-state index is 0.622. The molecule has 4 heteroatoms. The van der Waals surface area contributed by atoms with E-state index in [2.05, 4.69) is 5.32 Å². The minimum atomic E-state index is 0.622. The van der Waals surface area contributed by atoms with Gasteiger partial charge in [-0.2, -0.15) is 0 Å². The lowest BCUT2D eigenvalue weighted by atomic mass is 10.1. The summed E-state index contributed by atoms with van der Waals surface area (Å²) in [6.07, 6.45) is 1.21. The van der Waals surface area contributed by atoms with E-state index < -0.39 is 0 Å². The number of hydrogen-bond acceptors (Lipinski definition) is 4. The maximum absolute atomic E-state index is 5.74. The Bertz CT molecular complexity index is 375. The molecule has 0 bridgehead atoms. The second-order valence-electron chi connectivity index (χ2n) is 4.56. The summed E-state index contributed by atoms with van der Waals surface area (Å²) >= 11 is 0. The van der Waals surface area contributed by atoms with Crippen LogP contribution in [0.2, 0.25) is 0 Å². The van der Waals surface area contributed by atoms with Crippen LogP contribution in [0, 0.1) is 5.92 Å². The molecule has 0 amide bonds. The van der Waals surface area contributed by atoms with Gasteiger partial charge in [0.15, 0.2) is 11.5 Å². The molecule has 1 aromatic carbocycles. The fourth-order valence-electron chi connectivity index (χ4n) is 2.17. The van der Waals surface area contributed by atoms with Crippen molar-refractivity contribution in [1.82, 2.24) is 5.32 Å². The highest BCUT2D eigenvalue weighted by Crippen LogP contribution is 2.27. The lowest BCUT2D eigenvalue weighted by Crippen LogP contribution is -2.13. The van der Waals surface area contributed by atoms with Crippen LogP contribution in [-0.4, -0.2) is 33.9 Å². The summed E-state index contributed by atoms with van der Waals surface area (Å²) in [7, 11) is 3.29. The third-order valence-electron chi connectivity index (χ3n) is 3.23. The monoisotopic (exact) mass is 251 g/mol. The molecule has 1 aliphatic rings. The van der Waals surface area contributed by atoms with Gasteiger partial charge in [-0.3, -0.25) is 0 Å². The first-order valence-electron chi connectivity index (χ1n) is 6.33. The van der Waals surface area contributed by atoms with Gasteiger partial charge in [0.25, 0.3) is 0 Å². The molecule has 0 saturated carbocycles. The lowest BCUT2D eigenvalue weighted by molar-refractivity contribution is 0.0923. The van der Waals surface area contributed by atoms with E-state index in [0.717, 1.165) is 36.8 Å². The van der Waals surface area contributed by atoms with E-state index in [-0.39, 0.29) is 0 Å².